The van der Waals surface area contributed by atoms with Crippen LogP contribution >= 0.6 is 12.4 Å². The normalized spacial score (nSPS) is 14.0. The minimum atomic E-state index is -0.721. The van der Waals surface area contributed by atoms with Crippen molar-refractivity contribution in [2.75, 3.05) is 20.2 Å². The molecule has 1 fully saturated rings. The Labute approximate surface area is 191 Å². The fourth-order valence-electron chi connectivity index (χ4n) is 3.97. The van der Waals surface area contributed by atoms with Crippen molar-refractivity contribution in [1.29, 1.82) is 0 Å². The quantitative estimate of drug-likeness (QED) is 0.461. The Bertz CT molecular complexity index is 1250. The predicted molar refractivity (Wildman–Crippen MR) is 123 cm³/mol. The minimum Gasteiger partial charge on any atom is -0.497 e. The Balaban J connectivity index is 0.00000245. The van der Waals surface area contributed by atoms with E-state index in [1.807, 2.05) is 48.5 Å². The molecule has 4 aromatic rings. The van der Waals surface area contributed by atoms with Gasteiger partial charge in [-0.25, -0.2) is 0 Å². The number of methoxy groups -OCH3 is 1. The molecule has 1 aliphatic heterocycles. The summed E-state index contributed by atoms with van der Waals surface area (Å²) in [6, 6.07) is 19.7. The Hall–Kier alpha value is -3.42. The number of hydrogen-bond donors (Lipinski definition) is 1. The number of aliphatic carboxylic acids is 1. The second kappa shape index (κ2) is 8.98. The van der Waals surface area contributed by atoms with Crippen LogP contribution in [0.25, 0.3) is 33.6 Å². The summed E-state index contributed by atoms with van der Waals surface area (Å²) in [5, 5.41) is 15.5. The number of likely N-dealkylation sites (tertiary alicyclic amines) is 1. The zero-order valence-corrected chi connectivity index (χ0v) is 18.2. The third kappa shape index (κ3) is 4.04. The highest BCUT2D eigenvalue weighted by Crippen LogP contribution is 2.32. The molecule has 0 bridgehead atoms. The van der Waals surface area contributed by atoms with Gasteiger partial charge in [-0.2, -0.15) is 4.98 Å². The van der Waals surface area contributed by atoms with Crippen LogP contribution in [0.4, 0.5) is 0 Å². The molecule has 0 spiro atoms. The van der Waals surface area contributed by atoms with Gasteiger partial charge in [-0.3, -0.25) is 9.69 Å². The molecule has 0 aliphatic carbocycles. The van der Waals surface area contributed by atoms with Gasteiger partial charge in [-0.1, -0.05) is 41.6 Å². The molecule has 5 rings (SSSR count). The number of halogens is 1. The number of rotatable bonds is 6. The first-order valence-corrected chi connectivity index (χ1v) is 10.1. The zero-order valence-electron chi connectivity index (χ0n) is 17.4. The van der Waals surface area contributed by atoms with E-state index in [0.29, 0.717) is 31.3 Å². The maximum atomic E-state index is 11.1. The molecule has 1 aromatic heterocycles. The van der Waals surface area contributed by atoms with E-state index < -0.39 is 5.97 Å². The van der Waals surface area contributed by atoms with Crippen molar-refractivity contribution in [2.45, 2.75) is 6.54 Å². The van der Waals surface area contributed by atoms with Crippen LogP contribution in [0.5, 0.6) is 5.75 Å². The van der Waals surface area contributed by atoms with Gasteiger partial charge in [0.05, 0.1) is 13.0 Å². The number of carboxylic acids is 1. The summed E-state index contributed by atoms with van der Waals surface area (Å²) in [6.45, 7) is 1.89. The van der Waals surface area contributed by atoms with E-state index in [1.165, 1.54) is 0 Å². The van der Waals surface area contributed by atoms with Gasteiger partial charge in [0.15, 0.2) is 0 Å². The molecule has 0 unspecified atom stereocenters. The molecule has 1 saturated heterocycles. The van der Waals surface area contributed by atoms with Gasteiger partial charge >= 0.3 is 5.97 Å². The van der Waals surface area contributed by atoms with Crippen LogP contribution in [0.15, 0.2) is 65.2 Å². The Morgan fingerprint density at radius 3 is 2.50 bits per heavy atom. The van der Waals surface area contributed by atoms with Gasteiger partial charge in [0, 0.05) is 30.8 Å². The van der Waals surface area contributed by atoms with Crippen LogP contribution in [-0.2, 0) is 11.3 Å². The number of hydrogen-bond acceptors (Lipinski definition) is 6. The van der Waals surface area contributed by atoms with Crippen molar-refractivity contribution in [3.8, 4) is 28.6 Å². The van der Waals surface area contributed by atoms with Crippen LogP contribution in [0.3, 0.4) is 0 Å². The third-order valence-electron chi connectivity index (χ3n) is 5.72. The fourth-order valence-corrected chi connectivity index (χ4v) is 3.97. The molecule has 0 atom stereocenters. The predicted octanol–water partition coefficient (Wildman–Crippen LogP) is 4.50. The van der Waals surface area contributed by atoms with E-state index in [-0.39, 0.29) is 18.3 Å². The van der Waals surface area contributed by atoms with Crippen molar-refractivity contribution in [1.82, 2.24) is 15.0 Å². The SMILES string of the molecule is COc1ccc(-c2nc(-c3ccc(CN4CC(C(=O)O)C4)c4ccccc34)no2)cc1.Cl. The van der Waals surface area contributed by atoms with Crippen molar-refractivity contribution >= 4 is 29.1 Å². The highest BCUT2D eigenvalue weighted by Gasteiger charge is 2.32. The Kier molecular flexibility index (Phi) is 6.12. The fraction of sp³-hybridized carbons (Fsp3) is 0.208. The highest BCUT2D eigenvalue weighted by atomic mass is 35.5. The summed E-state index contributed by atoms with van der Waals surface area (Å²) in [5.41, 5.74) is 2.88. The Morgan fingerprint density at radius 1 is 1.09 bits per heavy atom. The van der Waals surface area contributed by atoms with Crippen LogP contribution in [0.1, 0.15) is 5.56 Å². The molecule has 0 saturated carbocycles. The Morgan fingerprint density at radius 2 is 1.81 bits per heavy atom. The number of nitrogens with zero attached hydrogens (tertiary/aromatic N) is 3. The van der Waals surface area contributed by atoms with E-state index in [4.69, 9.17) is 14.4 Å². The number of benzene rings is 3. The first kappa shape index (κ1) is 21.8. The number of fused-ring (bicyclic) bond motifs is 1. The van der Waals surface area contributed by atoms with Crippen molar-refractivity contribution < 1.29 is 19.2 Å². The average Bonchev–Trinajstić information content (AvgIpc) is 3.25. The number of aromatic nitrogens is 2. The first-order chi connectivity index (χ1) is 15.1. The minimum absolute atomic E-state index is 0. The summed E-state index contributed by atoms with van der Waals surface area (Å²) >= 11 is 0. The largest absolute Gasteiger partial charge is 0.497 e. The zero-order chi connectivity index (χ0) is 21.4. The topological polar surface area (TPSA) is 88.7 Å². The highest BCUT2D eigenvalue weighted by molar-refractivity contribution is 5.97. The van der Waals surface area contributed by atoms with Crippen LogP contribution in [0.2, 0.25) is 0 Å². The molecule has 7 nitrogen and oxygen atoms in total. The third-order valence-corrected chi connectivity index (χ3v) is 5.72. The smallest absolute Gasteiger partial charge is 0.309 e. The van der Waals surface area contributed by atoms with E-state index in [0.717, 1.165) is 33.2 Å². The van der Waals surface area contributed by atoms with Crippen LogP contribution < -0.4 is 4.74 Å². The van der Waals surface area contributed by atoms with Crippen molar-refractivity contribution in [3.63, 3.8) is 0 Å². The second-order valence-corrected chi connectivity index (χ2v) is 7.70. The lowest BCUT2D eigenvalue weighted by atomic mass is 9.95. The standard InChI is InChI=1S/C24H21N3O4.ClH/c1-30-18-9-6-15(7-10-18)23-25-22(26-31-23)21-11-8-16(19-4-2-3-5-20(19)21)12-27-13-17(14-27)24(28)29;/h2-11,17H,12-14H2,1H3,(H,28,29);1H. The summed E-state index contributed by atoms with van der Waals surface area (Å²) < 4.78 is 10.7. The van der Waals surface area contributed by atoms with Crippen LogP contribution in [-0.4, -0.2) is 46.3 Å². The van der Waals surface area contributed by atoms with E-state index >= 15 is 0 Å². The lowest BCUT2D eigenvalue weighted by Crippen LogP contribution is -2.49. The van der Waals surface area contributed by atoms with E-state index in [2.05, 4.69) is 27.2 Å². The summed E-state index contributed by atoms with van der Waals surface area (Å²) in [4.78, 5) is 17.8. The van der Waals surface area contributed by atoms with Gasteiger partial charge in [-0.05, 0) is 40.6 Å². The molecule has 0 radical (unpaired) electrons. The molecule has 1 N–H and O–H groups in total. The number of carboxylic acid groups (broad SMARTS) is 1. The van der Waals surface area contributed by atoms with Gasteiger partial charge in [-0.15, -0.1) is 12.4 Å². The van der Waals surface area contributed by atoms with Gasteiger partial charge in [0.1, 0.15) is 5.75 Å². The monoisotopic (exact) mass is 451 g/mol. The van der Waals surface area contributed by atoms with Crippen LogP contribution in [0, 0.1) is 5.92 Å². The molecular weight excluding hydrogens is 430 g/mol. The van der Waals surface area contributed by atoms with Gasteiger partial charge < -0.3 is 14.4 Å². The van der Waals surface area contributed by atoms with E-state index in [9.17, 15) is 4.79 Å². The molecule has 32 heavy (non-hydrogen) atoms. The summed E-state index contributed by atoms with van der Waals surface area (Å²) in [6.07, 6.45) is 0. The molecule has 2 heterocycles. The number of carbonyl (C=O) groups is 1. The second-order valence-electron chi connectivity index (χ2n) is 7.70. The molecular formula is C24H22ClN3O4. The maximum Gasteiger partial charge on any atom is 0.309 e. The molecule has 8 heteroatoms. The molecule has 3 aromatic carbocycles. The van der Waals surface area contributed by atoms with Gasteiger partial charge in [0.25, 0.3) is 5.89 Å². The summed E-state index contributed by atoms with van der Waals surface area (Å²) in [7, 11) is 1.63. The number of ether oxygens (including phenoxy) is 1. The van der Waals surface area contributed by atoms with E-state index in [1.54, 1.807) is 7.11 Å². The first-order valence-electron chi connectivity index (χ1n) is 10.1. The maximum absolute atomic E-state index is 11.1. The molecule has 164 valence electrons. The summed E-state index contributed by atoms with van der Waals surface area (Å²) in [5.74, 6) is 0.763. The van der Waals surface area contributed by atoms with Crippen molar-refractivity contribution in [3.05, 3.63) is 66.2 Å². The molecule has 0 amide bonds. The lowest BCUT2D eigenvalue weighted by molar-refractivity contribution is -0.147. The molecule has 1 aliphatic rings. The average molecular weight is 452 g/mol. The van der Waals surface area contributed by atoms with Crippen molar-refractivity contribution in [2.24, 2.45) is 5.92 Å². The van der Waals surface area contributed by atoms with Gasteiger partial charge in [0.2, 0.25) is 5.82 Å². The lowest BCUT2D eigenvalue weighted by Gasteiger charge is -2.36.